The average molecular weight is 404 g/mol. The van der Waals surface area contributed by atoms with Gasteiger partial charge in [-0.15, -0.1) is 0 Å². The molecular weight excluding hydrogens is 369 g/mol. The molecule has 0 unspecified atom stereocenters. The van der Waals surface area contributed by atoms with Crippen molar-refractivity contribution in [2.45, 2.75) is 57.2 Å². The molecule has 1 aromatic rings. The molecule has 1 amide bonds. The fraction of sp³-hybridized carbons (Fsp3) is 0.696. The SMILES string of the molecule is C[C@@H]1CN(C[C@@H]2CCCO2)CC[C@@H]1NC1CCN(C(=O)c2ccccc2F)CC1. The number of piperidine rings is 2. The number of benzene rings is 1. The van der Waals surface area contributed by atoms with Crippen molar-refractivity contribution in [3.8, 4) is 0 Å². The Bertz CT molecular complexity index is 686. The van der Waals surface area contributed by atoms with Crippen LogP contribution >= 0.6 is 0 Å². The molecule has 3 saturated heterocycles. The quantitative estimate of drug-likeness (QED) is 0.821. The first-order valence-electron chi connectivity index (χ1n) is 11.2. The number of carbonyl (C=O) groups is 1. The molecule has 1 aromatic carbocycles. The maximum Gasteiger partial charge on any atom is 0.256 e. The number of ether oxygens (including phenoxy) is 1. The van der Waals surface area contributed by atoms with E-state index in [1.165, 1.54) is 25.3 Å². The number of hydrogen-bond donors (Lipinski definition) is 1. The summed E-state index contributed by atoms with van der Waals surface area (Å²) in [7, 11) is 0. The van der Waals surface area contributed by atoms with Crippen LogP contribution in [0.15, 0.2) is 24.3 Å². The molecule has 4 rings (SSSR count). The molecule has 0 aliphatic carbocycles. The van der Waals surface area contributed by atoms with Crippen LogP contribution in [0.3, 0.4) is 0 Å². The molecule has 3 heterocycles. The highest BCUT2D eigenvalue weighted by molar-refractivity contribution is 5.94. The van der Waals surface area contributed by atoms with Gasteiger partial charge in [0, 0.05) is 44.9 Å². The van der Waals surface area contributed by atoms with Gasteiger partial charge in [-0.1, -0.05) is 19.1 Å². The van der Waals surface area contributed by atoms with Crippen LogP contribution in [0.4, 0.5) is 4.39 Å². The number of carbonyl (C=O) groups excluding carboxylic acids is 1. The highest BCUT2D eigenvalue weighted by Crippen LogP contribution is 2.23. The third-order valence-corrected chi connectivity index (χ3v) is 6.81. The van der Waals surface area contributed by atoms with Crippen LogP contribution in [0.2, 0.25) is 0 Å². The largest absolute Gasteiger partial charge is 0.377 e. The minimum atomic E-state index is -0.429. The van der Waals surface area contributed by atoms with Crippen LogP contribution in [0.1, 0.15) is 49.4 Å². The van der Waals surface area contributed by atoms with Gasteiger partial charge in [0.15, 0.2) is 0 Å². The smallest absolute Gasteiger partial charge is 0.256 e. The van der Waals surface area contributed by atoms with E-state index in [0.717, 1.165) is 39.1 Å². The summed E-state index contributed by atoms with van der Waals surface area (Å²) in [4.78, 5) is 17.0. The Morgan fingerprint density at radius 3 is 2.66 bits per heavy atom. The first-order chi connectivity index (χ1) is 14.1. The number of nitrogens with one attached hydrogen (secondary N) is 1. The molecule has 0 radical (unpaired) electrons. The molecule has 3 aliphatic rings. The lowest BCUT2D eigenvalue weighted by molar-refractivity contribution is 0.0476. The number of rotatable bonds is 5. The molecule has 3 aliphatic heterocycles. The summed E-state index contributed by atoms with van der Waals surface area (Å²) < 4.78 is 19.7. The van der Waals surface area contributed by atoms with Gasteiger partial charge in [-0.2, -0.15) is 0 Å². The Morgan fingerprint density at radius 1 is 1.17 bits per heavy atom. The second-order valence-corrected chi connectivity index (χ2v) is 8.98. The average Bonchev–Trinajstić information content (AvgIpc) is 3.23. The molecule has 3 fully saturated rings. The topological polar surface area (TPSA) is 44.8 Å². The van der Waals surface area contributed by atoms with E-state index >= 15 is 0 Å². The van der Waals surface area contributed by atoms with Crippen LogP contribution in [0.5, 0.6) is 0 Å². The van der Waals surface area contributed by atoms with Crippen molar-refractivity contribution in [3.63, 3.8) is 0 Å². The molecule has 0 saturated carbocycles. The molecule has 29 heavy (non-hydrogen) atoms. The Hall–Kier alpha value is -1.50. The number of nitrogens with zero attached hydrogens (tertiary/aromatic N) is 2. The zero-order chi connectivity index (χ0) is 20.2. The van der Waals surface area contributed by atoms with Crippen molar-refractivity contribution in [1.82, 2.24) is 15.1 Å². The van der Waals surface area contributed by atoms with Crippen molar-refractivity contribution < 1.29 is 13.9 Å². The summed E-state index contributed by atoms with van der Waals surface area (Å²) in [6.45, 7) is 7.99. The molecule has 1 N–H and O–H groups in total. The van der Waals surface area contributed by atoms with Gasteiger partial charge in [0.05, 0.1) is 11.7 Å². The molecule has 0 aromatic heterocycles. The summed E-state index contributed by atoms with van der Waals surface area (Å²) in [6.07, 6.45) is 5.88. The lowest BCUT2D eigenvalue weighted by Gasteiger charge is -2.41. The van der Waals surface area contributed by atoms with Crippen LogP contribution in [0, 0.1) is 11.7 Å². The number of likely N-dealkylation sites (tertiary alicyclic amines) is 2. The fourth-order valence-corrected chi connectivity index (χ4v) is 5.08. The first-order valence-corrected chi connectivity index (χ1v) is 11.2. The number of hydrogen-bond acceptors (Lipinski definition) is 4. The van der Waals surface area contributed by atoms with E-state index in [4.69, 9.17) is 4.74 Å². The van der Waals surface area contributed by atoms with Gasteiger partial charge in [-0.25, -0.2) is 4.39 Å². The predicted molar refractivity (Wildman–Crippen MR) is 111 cm³/mol. The van der Waals surface area contributed by atoms with Crippen molar-refractivity contribution in [3.05, 3.63) is 35.6 Å². The van der Waals surface area contributed by atoms with Gasteiger partial charge in [0.25, 0.3) is 5.91 Å². The summed E-state index contributed by atoms with van der Waals surface area (Å²) in [5.41, 5.74) is 0.186. The van der Waals surface area contributed by atoms with Crippen molar-refractivity contribution in [2.24, 2.45) is 5.92 Å². The molecule has 3 atom stereocenters. The maximum atomic E-state index is 13.9. The van der Waals surface area contributed by atoms with E-state index < -0.39 is 5.82 Å². The summed E-state index contributed by atoms with van der Waals surface area (Å²) in [5.74, 6) is 0.00178. The maximum absolute atomic E-state index is 13.9. The molecule has 0 bridgehead atoms. The monoisotopic (exact) mass is 403 g/mol. The molecule has 160 valence electrons. The summed E-state index contributed by atoms with van der Waals surface area (Å²) >= 11 is 0. The van der Waals surface area contributed by atoms with E-state index in [1.807, 2.05) is 0 Å². The Balaban J connectivity index is 1.22. The highest BCUT2D eigenvalue weighted by Gasteiger charge is 2.31. The van der Waals surface area contributed by atoms with Gasteiger partial charge in [0.1, 0.15) is 5.82 Å². The van der Waals surface area contributed by atoms with Crippen molar-refractivity contribution >= 4 is 5.91 Å². The number of halogens is 1. The highest BCUT2D eigenvalue weighted by atomic mass is 19.1. The zero-order valence-corrected chi connectivity index (χ0v) is 17.5. The lowest BCUT2D eigenvalue weighted by atomic mass is 9.91. The standard InChI is InChI=1S/C23H34FN3O2/c1-17-15-26(16-19-5-4-14-29-19)11-10-22(17)25-18-8-12-27(13-9-18)23(28)20-6-2-3-7-21(20)24/h2-3,6-7,17-19,22,25H,4-5,8-16H2,1H3/t17-,19+,22+/m1/s1. The van der Waals surface area contributed by atoms with E-state index in [0.29, 0.717) is 37.2 Å². The molecule has 5 nitrogen and oxygen atoms in total. The molecular formula is C23H34FN3O2. The number of amides is 1. The van der Waals surface area contributed by atoms with Gasteiger partial charge in [-0.05, 0) is 56.7 Å². The minimum absolute atomic E-state index is 0.183. The van der Waals surface area contributed by atoms with Crippen LogP contribution in [-0.2, 0) is 4.74 Å². The second-order valence-electron chi connectivity index (χ2n) is 8.98. The summed E-state index contributed by atoms with van der Waals surface area (Å²) in [6, 6.07) is 7.25. The lowest BCUT2D eigenvalue weighted by Crippen LogP contribution is -2.54. The normalized spacial score (nSPS) is 29.3. The van der Waals surface area contributed by atoms with E-state index in [9.17, 15) is 9.18 Å². The zero-order valence-electron chi connectivity index (χ0n) is 17.5. The second kappa shape index (κ2) is 9.54. The van der Waals surface area contributed by atoms with Crippen molar-refractivity contribution in [2.75, 3.05) is 39.3 Å². The molecule has 0 spiro atoms. The summed E-state index contributed by atoms with van der Waals surface area (Å²) in [5, 5.41) is 3.86. The Morgan fingerprint density at radius 2 is 1.97 bits per heavy atom. The van der Waals surface area contributed by atoms with Gasteiger partial charge >= 0.3 is 0 Å². The van der Waals surface area contributed by atoms with Gasteiger partial charge in [0.2, 0.25) is 0 Å². The Kier molecular flexibility index (Phi) is 6.83. The van der Waals surface area contributed by atoms with Gasteiger partial charge < -0.3 is 19.9 Å². The first kappa shape index (κ1) is 20.8. The van der Waals surface area contributed by atoms with E-state index in [-0.39, 0.29) is 11.5 Å². The van der Waals surface area contributed by atoms with Crippen LogP contribution in [-0.4, -0.2) is 73.2 Å². The predicted octanol–water partition coefficient (Wildman–Crippen LogP) is 2.91. The third-order valence-electron chi connectivity index (χ3n) is 6.81. The van der Waals surface area contributed by atoms with Crippen LogP contribution < -0.4 is 5.32 Å². The molecule has 6 heteroatoms. The van der Waals surface area contributed by atoms with E-state index in [2.05, 4.69) is 17.1 Å². The van der Waals surface area contributed by atoms with Gasteiger partial charge in [-0.3, -0.25) is 4.79 Å². The minimum Gasteiger partial charge on any atom is -0.377 e. The van der Waals surface area contributed by atoms with Crippen molar-refractivity contribution in [1.29, 1.82) is 0 Å². The fourth-order valence-electron chi connectivity index (χ4n) is 5.08. The van der Waals surface area contributed by atoms with E-state index in [1.54, 1.807) is 23.1 Å². The van der Waals surface area contributed by atoms with Crippen LogP contribution in [0.25, 0.3) is 0 Å². The Labute approximate surface area is 173 Å². The third kappa shape index (κ3) is 5.16.